The minimum absolute atomic E-state index is 0. The van der Waals surface area contributed by atoms with Gasteiger partial charge in [0.2, 0.25) is 5.95 Å². The summed E-state index contributed by atoms with van der Waals surface area (Å²) in [6.07, 6.45) is 6.40. The predicted octanol–water partition coefficient (Wildman–Crippen LogP) is 0.561. The van der Waals surface area contributed by atoms with Crippen molar-refractivity contribution in [3.8, 4) is 0 Å². The lowest BCUT2D eigenvalue weighted by Gasteiger charge is -2.34. The van der Waals surface area contributed by atoms with Crippen molar-refractivity contribution in [1.29, 1.82) is 0 Å². The minimum atomic E-state index is 0. The smallest absolute Gasteiger partial charge is 0.225 e. The number of halogens is 1. The second-order valence-electron chi connectivity index (χ2n) is 7.86. The molecule has 1 aromatic rings. The van der Waals surface area contributed by atoms with Gasteiger partial charge >= 0.3 is 0 Å². The van der Waals surface area contributed by atoms with E-state index in [1.165, 1.54) is 0 Å². The predicted molar refractivity (Wildman–Crippen MR) is 130 cm³/mol. The maximum Gasteiger partial charge on any atom is 0.225 e. The number of hydrogen-bond acceptors (Lipinski definition) is 7. The van der Waals surface area contributed by atoms with Gasteiger partial charge in [0.15, 0.2) is 5.96 Å². The monoisotopic (exact) mass is 533 g/mol. The molecule has 0 aromatic carbocycles. The van der Waals surface area contributed by atoms with Crippen LogP contribution in [0.1, 0.15) is 19.3 Å². The van der Waals surface area contributed by atoms with Crippen molar-refractivity contribution in [3.63, 3.8) is 0 Å². The molecule has 0 amide bonds. The molecule has 2 fully saturated rings. The molecule has 3 rings (SSSR count). The number of aromatic nitrogens is 2. The lowest BCUT2D eigenvalue weighted by molar-refractivity contribution is 0.127. The zero-order chi connectivity index (χ0) is 20.4. The Balaban J connectivity index is 0.00000320. The summed E-state index contributed by atoms with van der Waals surface area (Å²) in [7, 11) is 1.80. The average Bonchev–Trinajstić information content (AvgIpc) is 3.23. The van der Waals surface area contributed by atoms with Gasteiger partial charge in [0.1, 0.15) is 0 Å². The number of nitrogens with zero attached hydrogens (tertiary/aromatic N) is 5. The fourth-order valence-electron chi connectivity index (χ4n) is 3.94. The number of hydrogen-bond donors (Lipinski definition) is 3. The van der Waals surface area contributed by atoms with Crippen molar-refractivity contribution in [3.05, 3.63) is 18.5 Å². The summed E-state index contributed by atoms with van der Waals surface area (Å²) < 4.78 is 5.55. The standard InChI is InChI=1S/C20H35N7O2.HI/c1-21-18(25-16-20(4-14-28)5-15-29-17-20)22-8-3-9-26-10-12-27(13-11-26)19-23-6-2-7-24-19;/h2,6-7,28H,3-5,8-17H2,1H3,(H2,21,22,25);1H. The molecule has 0 spiro atoms. The molecule has 0 bridgehead atoms. The summed E-state index contributed by atoms with van der Waals surface area (Å²) in [4.78, 5) is 17.7. The van der Waals surface area contributed by atoms with E-state index in [-0.39, 0.29) is 36.0 Å². The van der Waals surface area contributed by atoms with Gasteiger partial charge in [-0.25, -0.2) is 9.97 Å². The van der Waals surface area contributed by atoms with E-state index in [2.05, 4.69) is 35.4 Å². The van der Waals surface area contributed by atoms with Crippen LogP contribution in [0.2, 0.25) is 0 Å². The second-order valence-corrected chi connectivity index (χ2v) is 7.86. The Bertz CT molecular complexity index is 621. The fraction of sp³-hybridized carbons (Fsp3) is 0.750. The van der Waals surface area contributed by atoms with Gasteiger partial charge < -0.3 is 25.4 Å². The van der Waals surface area contributed by atoms with Gasteiger partial charge in [-0.1, -0.05) is 0 Å². The van der Waals surface area contributed by atoms with Gasteiger partial charge in [-0.2, -0.15) is 0 Å². The Hall–Kier alpha value is -1.24. The largest absolute Gasteiger partial charge is 0.396 e. The number of guanidine groups is 1. The Labute approximate surface area is 196 Å². The molecular weight excluding hydrogens is 497 g/mol. The molecule has 0 aliphatic carbocycles. The van der Waals surface area contributed by atoms with Crippen molar-refractivity contribution >= 4 is 35.9 Å². The molecule has 1 aromatic heterocycles. The highest BCUT2D eigenvalue weighted by Crippen LogP contribution is 2.31. The van der Waals surface area contributed by atoms with E-state index in [1.54, 1.807) is 19.4 Å². The average molecular weight is 533 g/mol. The summed E-state index contributed by atoms with van der Waals surface area (Å²) in [6.45, 7) is 8.41. The highest BCUT2D eigenvalue weighted by Gasteiger charge is 2.34. The Morgan fingerprint density at radius 3 is 2.63 bits per heavy atom. The number of rotatable bonds is 9. The van der Waals surface area contributed by atoms with Gasteiger partial charge in [0.25, 0.3) is 0 Å². The van der Waals surface area contributed by atoms with Crippen molar-refractivity contribution in [2.75, 3.05) is 77.6 Å². The zero-order valence-corrected chi connectivity index (χ0v) is 20.3. The van der Waals surface area contributed by atoms with Crippen LogP contribution in [0.25, 0.3) is 0 Å². The normalized spacial score (nSPS) is 22.6. The summed E-state index contributed by atoms with van der Waals surface area (Å²) in [6, 6.07) is 1.85. The van der Waals surface area contributed by atoms with Crippen LogP contribution in [0.4, 0.5) is 5.95 Å². The Morgan fingerprint density at radius 2 is 2.00 bits per heavy atom. The number of aliphatic imine (C=N–C) groups is 1. The number of piperazine rings is 1. The molecule has 3 N–H and O–H groups in total. The molecule has 1 atom stereocenters. The molecule has 9 nitrogen and oxygen atoms in total. The van der Waals surface area contributed by atoms with Crippen LogP contribution in [0.5, 0.6) is 0 Å². The van der Waals surface area contributed by atoms with Gasteiger partial charge in [0, 0.05) is 77.3 Å². The third-order valence-corrected chi connectivity index (χ3v) is 5.83. The van der Waals surface area contributed by atoms with Crippen LogP contribution in [0.15, 0.2) is 23.5 Å². The molecule has 170 valence electrons. The van der Waals surface area contributed by atoms with Gasteiger partial charge in [-0.05, 0) is 31.9 Å². The van der Waals surface area contributed by atoms with Crippen LogP contribution >= 0.6 is 24.0 Å². The minimum Gasteiger partial charge on any atom is -0.396 e. The highest BCUT2D eigenvalue weighted by molar-refractivity contribution is 14.0. The fourth-order valence-corrected chi connectivity index (χ4v) is 3.94. The first-order chi connectivity index (χ1) is 14.2. The topological polar surface area (TPSA) is 98.1 Å². The third kappa shape index (κ3) is 7.47. The summed E-state index contributed by atoms with van der Waals surface area (Å²) >= 11 is 0. The first-order valence-corrected chi connectivity index (χ1v) is 10.6. The van der Waals surface area contributed by atoms with E-state index in [1.807, 2.05) is 6.07 Å². The number of ether oxygens (including phenoxy) is 1. The number of aliphatic hydroxyl groups excluding tert-OH is 1. The van der Waals surface area contributed by atoms with Crippen molar-refractivity contribution < 1.29 is 9.84 Å². The molecule has 2 saturated heterocycles. The maximum absolute atomic E-state index is 9.35. The quantitative estimate of drug-likeness (QED) is 0.184. The zero-order valence-electron chi connectivity index (χ0n) is 17.9. The van der Waals surface area contributed by atoms with E-state index in [4.69, 9.17) is 4.74 Å². The van der Waals surface area contributed by atoms with E-state index in [0.29, 0.717) is 6.61 Å². The SMILES string of the molecule is CN=C(NCCCN1CCN(c2ncccn2)CC1)NCC1(CCO)CCOC1.I. The number of anilines is 1. The third-order valence-electron chi connectivity index (χ3n) is 5.83. The van der Waals surface area contributed by atoms with Crippen molar-refractivity contribution in [1.82, 2.24) is 25.5 Å². The van der Waals surface area contributed by atoms with E-state index in [9.17, 15) is 5.11 Å². The van der Waals surface area contributed by atoms with Crippen LogP contribution in [0.3, 0.4) is 0 Å². The Morgan fingerprint density at radius 1 is 1.23 bits per heavy atom. The highest BCUT2D eigenvalue weighted by atomic mass is 127. The number of aliphatic hydroxyl groups is 1. The van der Waals surface area contributed by atoms with Crippen molar-refractivity contribution in [2.45, 2.75) is 19.3 Å². The van der Waals surface area contributed by atoms with Crippen molar-refractivity contribution in [2.24, 2.45) is 10.4 Å². The van der Waals surface area contributed by atoms with E-state index >= 15 is 0 Å². The molecule has 0 radical (unpaired) electrons. The van der Waals surface area contributed by atoms with Gasteiger partial charge in [-0.3, -0.25) is 9.89 Å². The lowest BCUT2D eigenvalue weighted by atomic mass is 9.84. The van der Waals surface area contributed by atoms with Gasteiger partial charge in [0.05, 0.1) is 6.61 Å². The van der Waals surface area contributed by atoms with E-state index < -0.39 is 0 Å². The first kappa shape index (κ1) is 25.0. The molecular formula is C20H36IN7O2. The summed E-state index contributed by atoms with van der Waals surface area (Å²) in [5.74, 6) is 1.65. The first-order valence-electron chi connectivity index (χ1n) is 10.6. The van der Waals surface area contributed by atoms with Crippen LogP contribution in [0, 0.1) is 5.41 Å². The molecule has 0 saturated carbocycles. The van der Waals surface area contributed by atoms with Gasteiger partial charge in [-0.15, -0.1) is 24.0 Å². The molecule has 10 heteroatoms. The maximum atomic E-state index is 9.35. The molecule has 2 aliphatic rings. The summed E-state index contributed by atoms with van der Waals surface area (Å²) in [5, 5.41) is 16.2. The lowest BCUT2D eigenvalue weighted by Crippen LogP contribution is -2.48. The Kier molecular flexibility index (Phi) is 11.0. The second kappa shape index (κ2) is 13.2. The number of nitrogens with one attached hydrogen (secondary N) is 2. The van der Waals surface area contributed by atoms with Crippen LogP contribution < -0.4 is 15.5 Å². The van der Waals surface area contributed by atoms with E-state index in [0.717, 1.165) is 83.6 Å². The van der Waals surface area contributed by atoms with Crippen LogP contribution in [-0.2, 0) is 4.74 Å². The van der Waals surface area contributed by atoms with Crippen LogP contribution in [-0.4, -0.2) is 98.6 Å². The molecule has 30 heavy (non-hydrogen) atoms. The summed E-state index contributed by atoms with van der Waals surface area (Å²) in [5.41, 5.74) is 0.0223. The molecule has 1 unspecified atom stereocenters. The molecule has 2 aliphatic heterocycles. The molecule has 3 heterocycles.